The Morgan fingerprint density at radius 1 is 0.688 bits per heavy atom. The minimum absolute atomic E-state index is 1.08. The van der Waals surface area contributed by atoms with Gasteiger partial charge in [0.05, 0.1) is 0 Å². The first-order chi connectivity index (χ1) is 7.66. The summed E-state index contributed by atoms with van der Waals surface area (Å²) in [6.45, 7) is 4.25. The normalized spacial score (nSPS) is 10.2. The van der Waals surface area contributed by atoms with Gasteiger partial charge in [-0.25, -0.2) is 0 Å². The molecule has 0 aromatic heterocycles. The van der Waals surface area contributed by atoms with Crippen molar-refractivity contribution in [2.24, 2.45) is 0 Å². The van der Waals surface area contributed by atoms with Crippen LogP contribution in [0.5, 0.6) is 0 Å². The van der Waals surface area contributed by atoms with Crippen molar-refractivity contribution in [2.75, 3.05) is 0 Å². The summed E-state index contributed by atoms with van der Waals surface area (Å²) in [5.41, 5.74) is 5.37. The van der Waals surface area contributed by atoms with Gasteiger partial charge in [-0.2, -0.15) is 0 Å². The van der Waals surface area contributed by atoms with E-state index in [0.717, 1.165) is 23.9 Å². The van der Waals surface area contributed by atoms with Gasteiger partial charge in [-0.15, -0.1) is 0 Å². The fourth-order valence-corrected chi connectivity index (χ4v) is 2.80. The molecule has 0 saturated heterocycles. The molecular formula is C15H14Hf+2. The van der Waals surface area contributed by atoms with Gasteiger partial charge in [-0.3, -0.25) is 0 Å². The molecule has 2 aromatic rings. The van der Waals surface area contributed by atoms with Crippen LogP contribution >= 0.6 is 0 Å². The molecule has 0 aliphatic rings. The van der Waals surface area contributed by atoms with E-state index in [1.807, 2.05) is 0 Å². The molecule has 0 aliphatic carbocycles. The summed E-state index contributed by atoms with van der Waals surface area (Å²) in [5, 5.41) is 0. The predicted octanol–water partition coefficient (Wildman–Crippen LogP) is 3.42. The Hall–Kier alpha value is -0.820. The first-order valence-electron chi connectivity index (χ1n) is 5.39. The van der Waals surface area contributed by atoms with Gasteiger partial charge in [0.15, 0.2) is 0 Å². The first kappa shape index (κ1) is 11.7. The van der Waals surface area contributed by atoms with E-state index >= 15 is 0 Å². The van der Waals surface area contributed by atoms with Crippen LogP contribution in [0.15, 0.2) is 48.5 Å². The molecule has 0 spiro atoms. The summed E-state index contributed by atoms with van der Waals surface area (Å²) >= 11 is 1.08. The molecule has 0 heterocycles. The summed E-state index contributed by atoms with van der Waals surface area (Å²) in [5.74, 6) is 0. The minimum atomic E-state index is 1.08. The molecule has 0 unspecified atom stereocenters. The zero-order valence-corrected chi connectivity index (χ0v) is 13.2. The molecule has 1 heteroatoms. The Morgan fingerprint density at radius 2 is 1.00 bits per heavy atom. The van der Waals surface area contributed by atoms with Crippen molar-refractivity contribution < 1.29 is 23.9 Å². The Kier molecular flexibility index (Phi) is 3.65. The van der Waals surface area contributed by atoms with Crippen LogP contribution in [-0.4, -0.2) is 3.26 Å². The Balaban J connectivity index is 2.32. The standard InChI is InChI=1S/C15H14.Hf/c1-12-3-7-14(8-4-12)11-15-9-5-13(2)6-10-15;/h3-10H,1-2H3;/q;+2. The van der Waals surface area contributed by atoms with Crippen LogP contribution in [0.2, 0.25) is 0 Å². The molecule has 0 atom stereocenters. The molecule has 0 aliphatic heterocycles. The Labute approximate surface area is 111 Å². The van der Waals surface area contributed by atoms with Crippen LogP contribution in [0.25, 0.3) is 0 Å². The van der Waals surface area contributed by atoms with E-state index in [9.17, 15) is 0 Å². The van der Waals surface area contributed by atoms with E-state index in [0.29, 0.717) is 0 Å². The molecular weight excluding hydrogens is 359 g/mol. The van der Waals surface area contributed by atoms with Crippen molar-refractivity contribution >= 4 is 3.26 Å². The maximum atomic E-state index is 2.22. The van der Waals surface area contributed by atoms with E-state index in [1.54, 1.807) is 0 Å². The molecule has 0 N–H and O–H groups in total. The molecule has 0 nitrogen and oxygen atoms in total. The molecule has 76 valence electrons. The number of rotatable bonds is 2. The topological polar surface area (TPSA) is 0 Å². The Bertz CT molecular complexity index is 444. The van der Waals surface area contributed by atoms with Crippen molar-refractivity contribution in [3.8, 4) is 0 Å². The van der Waals surface area contributed by atoms with Gasteiger partial charge in [0, 0.05) is 0 Å². The average molecular weight is 373 g/mol. The summed E-state index contributed by atoms with van der Waals surface area (Å²) in [4.78, 5) is 0. The van der Waals surface area contributed by atoms with Crippen molar-refractivity contribution in [1.29, 1.82) is 0 Å². The average Bonchev–Trinajstić information content (AvgIpc) is 2.30. The van der Waals surface area contributed by atoms with Crippen LogP contribution in [0.4, 0.5) is 0 Å². The third-order valence-electron chi connectivity index (χ3n) is 2.68. The van der Waals surface area contributed by atoms with Gasteiger partial charge >= 0.3 is 112 Å². The van der Waals surface area contributed by atoms with Crippen molar-refractivity contribution in [2.45, 2.75) is 13.8 Å². The number of hydrogen-bond acceptors (Lipinski definition) is 0. The fourth-order valence-electron chi connectivity index (χ4n) is 1.61. The summed E-state index contributed by atoms with van der Waals surface area (Å²) < 4.78 is 1.47. The second-order valence-electron chi connectivity index (χ2n) is 4.11. The molecule has 0 bridgehead atoms. The van der Waals surface area contributed by atoms with Gasteiger partial charge in [-0.1, -0.05) is 0 Å². The van der Waals surface area contributed by atoms with Gasteiger partial charge in [0.25, 0.3) is 0 Å². The number of benzene rings is 2. The third-order valence-corrected chi connectivity index (χ3v) is 4.75. The van der Waals surface area contributed by atoms with Crippen molar-refractivity contribution in [3.63, 3.8) is 0 Å². The monoisotopic (exact) mass is 374 g/mol. The summed E-state index contributed by atoms with van der Waals surface area (Å²) in [7, 11) is 0. The number of hydrogen-bond donors (Lipinski definition) is 0. The zero-order valence-electron chi connectivity index (χ0n) is 9.62. The van der Waals surface area contributed by atoms with Gasteiger partial charge in [0.2, 0.25) is 0 Å². The number of aryl methyl sites for hydroxylation is 2. The third kappa shape index (κ3) is 2.65. The predicted molar refractivity (Wildman–Crippen MR) is 65.6 cm³/mol. The summed E-state index contributed by atoms with van der Waals surface area (Å²) in [6, 6.07) is 17.6. The fraction of sp³-hybridized carbons (Fsp3) is 0.133. The molecule has 2 rings (SSSR count). The van der Waals surface area contributed by atoms with E-state index < -0.39 is 0 Å². The molecule has 2 aromatic carbocycles. The SMILES string of the molecule is Cc1ccc([C](=[Hf+2])c2ccc(C)cc2)cc1. The van der Waals surface area contributed by atoms with E-state index in [4.69, 9.17) is 0 Å². The first-order valence-corrected chi connectivity index (χ1v) is 7.19. The maximum absolute atomic E-state index is 2.22. The van der Waals surface area contributed by atoms with Gasteiger partial charge in [0.1, 0.15) is 0 Å². The van der Waals surface area contributed by atoms with Gasteiger partial charge in [-0.05, 0) is 0 Å². The van der Waals surface area contributed by atoms with Crippen LogP contribution in [0, 0.1) is 13.8 Å². The molecule has 0 amide bonds. The second-order valence-corrected chi connectivity index (χ2v) is 5.90. The van der Waals surface area contributed by atoms with E-state index in [-0.39, 0.29) is 0 Å². The van der Waals surface area contributed by atoms with E-state index in [1.165, 1.54) is 25.5 Å². The second kappa shape index (κ2) is 5.01. The van der Waals surface area contributed by atoms with Crippen molar-refractivity contribution in [3.05, 3.63) is 70.8 Å². The molecule has 16 heavy (non-hydrogen) atoms. The molecule has 0 saturated carbocycles. The molecule has 0 radical (unpaired) electrons. The van der Waals surface area contributed by atoms with Crippen molar-refractivity contribution in [1.82, 2.24) is 0 Å². The van der Waals surface area contributed by atoms with Crippen LogP contribution < -0.4 is 0 Å². The summed E-state index contributed by atoms with van der Waals surface area (Å²) in [6.07, 6.45) is 0. The van der Waals surface area contributed by atoms with Crippen LogP contribution in [0.1, 0.15) is 22.3 Å². The Morgan fingerprint density at radius 3 is 1.31 bits per heavy atom. The molecule has 0 fully saturated rings. The van der Waals surface area contributed by atoms with Gasteiger partial charge < -0.3 is 0 Å². The van der Waals surface area contributed by atoms with E-state index in [2.05, 4.69) is 62.4 Å². The zero-order chi connectivity index (χ0) is 11.5. The quantitative estimate of drug-likeness (QED) is 0.709. The van der Waals surface area contributed by atoms with Crippen LogP contribution in [-0.2, 0) is 23.9 Å². The van der Waals surface area contributed by atoms with Crippen LogP contribution in [0.3, 0.4) is 0 Å².